The first-order chi connectivity index (χ1) is 24.5. The van der Waals surface area contributed by atoms with Gasteiger partial charge in [0, 0.05) is 24.4 Å². The molecule has 2 aromatic rings. The topological polar surface area (TPSA) is 138 Å². The Kier molecular flexibility index (Phi) is 10.8. The van der Waals surface area contributed by atoms with Crippen LogP contribution in [0.4, 0.5) is 0 Å². The van der Waals surface area contributed by atoms with Crippen LogP contribution in [0.25, 0.3) is 0 Å². The molecule has 272 valence electrons. The van der Waals surface area contributed by atoms with Crippen molar-refractivity contribution in [1.82, 2.24) is 21.3 Å². The Morgan fingerprint density at radius 3 is 2.20 bits per heavy atom. The van der Waals surface area contributed by atoms with Gasteiger partial charge in [-0.15, -0.1) is 0 Å². The Morgan fingerprint density at radius 2 is 1.51 bits per heavy atom. The van der Waals surface area contributed by atoms with Crippen molar-refractivity contribution in [3.8, 4) is 0 Å². The van der Waals surface area contributed by atoms with E-state index in [1.54, 1.807) is 6.92 Å². The fourth-order valence-electron chi connectivity index (χ4n) is 8.58. The molecule has 4 aliphatic rings. The van der Waals surface area contributed by atoms with Gasteiger partial charge in [0.05, 0.1) is 24.4 Å². The first-order valence-corrected chi connectivity index (χ1v) is 18.4. The molecule has 10 atom stereocenters. The molecule has 4 amide bonds. The SMILES string of the molecule is CC(C)C[C@H]1NC(=O)C([C@@H](C)OCc2ccccc2)NC(=O)[C@@]23C(=O)N[C@@H](Cc4ccccc4)C2[C@H](C)[C@@]2(C)O[C@H]2C3/C=C/C/C=C\CNC1=O. The predicted octanol–water partition coefficient (Wildman–Crippen LogP) is 4.01. The second-order valence-electron chi connectivity index (χ2n) is 15.2. The third-order valence-corrected chi connectivity index (χ3v) is 11.4. The largest absolute Gasteiger partial charge is 0.371 e. The molecule has 51 heavy (non-hydrogen) atoms. The van der Waals surface area contributed by atoms with Crippen LogP contribution in [0.2, 0.25) is 0 Å². The zero-order chi connectivity index (χ0) is 36.3. The molecule has 10 nitrogen and oxygen atoms in total. The lowest BCUT2D eigenvalue weighted by atomic mass is 9.52. The van der Waals surface area contributed by atoms with Crippen LogP contribution in [0, 0.1) is 29.1 Å². The molecular formula is C41H52N4O6. The van der Waals surface area contributed by atoms with E-state index in [9.17, 15) is 14.4 Å². The van der Waals surface area contributed by atoms with Gasteiger partial charge in [-0.2, -0.15) is 0 Å². The minimum atomic E-state index is -1.57. The van der Waals surface area contributed by atoms with Gasteiger partial charge in [-0.1, -0.05) is 106 Å². The molecule has 3 unspecified atom stereocenters. The van der Waals surface area contributed by atoms with Crippen molar-refractivity contribution in [2.75, 3.05) is 6.54 Å². The summed E-state index contributed by atoms with van der Waals surface area (Å²) < 4.78 is 12.7. The van der Waals surface area contributed by atoms with Gasteiger partial charge >= 0.3 is 0 Å². The van der Waals surface area contributed by atoms with Crippen LogP contribution in [-0.2, 0) is 41.7 Å². The van der Waals surface area contributed by atoms with E-state index in [2.05, 4.69) is 35.1 Å². The van der Waals surface area contributed by atoms with Crippen molar-refractivity contribution in [2.45, 2.75) is 96.4 Å². The number of benzene rings is 2. The summed E-state index contributed by atoms with van der Waals surface area (Å²) in [5.41, 5.74) is -0.123. The highest BCUT2D eigenvalue weighted by Gasteiger charge is 2.79. The Hall–Kier alpha value is -4.28. The van der Waals surface area contributed by atoms with Crippen LogP contribution in [0.1, 0.15) is 58.6 Å². The van der Waals surface area contributed by atoms with E-state index in [-0.39, 0.29) is 42.4 Å². The van der Waals surface area contributed by atoms with Crippen LogP contribution in [0.5, 0.6) is 0 Å². The van der Waals surface area contributed by atoms with Crippen molar-refractivity contribution in [2.24, 2.45) is 29.1 Å². The lowest BCUT2D eigenvalue weighted by Crippen LogP contribution is -2.65. The van der Waals surface area contributed by atoms with Crippen LogP contribution >= 0.6 is 0 Å². The summed E-state index contributed by atoms with van der Waals surface area (Å²) in [6.07, 6.45) is 8.05. The van der Waals surface area contributed by atoms with Crippen molar-refractivity contribution in [3.63, 3.8) is 0 Å². The smallest absolute Gasteiger partial charge is 0.245 e. The van der Waals surface area contributed by atoms with Crippen molar-refractivity contribution in [3.05, 3.63) is 96.1 Å². The minimum Gasteiger partial charge on any atom is -0.371 e. The number of nitrogens with one attached hydrogen (secondary N) is 4. The van der Waals surface area contributed by atoms with Gasteiger partial charge in [-0.05, 0) is 56.1 Å². The third-order valence-electron chi connectivity index (χ3n) is 11.4. The number of fused-ring (bicyclic) bond motifs is 2. The molecule has 1 saturated carbocycles. The number of hydrogen-bond acceptors (Lipinski definition) is 6. The fraction of sp³-hybridized carbons (Fsp3) is 0.512. The molecule has 0 radical (unpaired) electrons. The van der Waals surface area contributed by atoms with E-state index in [0.29, 0.717) is 25.8 Å². The molecule has 3 fully saturated rings. The lowest BCUT2D eigenvalue weighted by Gasteiger charge is -2.46. The molecule has 1 spiro atoms. The van der Waals surface area contributed by atoms with Gasteiger partial charge < -0.3 is 30.7 Å². The zero-order valence-corrected chi connectivity index (χ0v) is 30.3. The average molecular weight is 697 g/mol. The summed E-state index contributed by atoms with van der Waals surface area (Å²) >= 11 is 0. The molecule has 0 bridgehead atoms. The van der Waals surface area contributed by atoms with Gasteiger partial charge in [-0.3, -0.25) is 19.2 Å². The lowest BCUT2D eigenvalue weighted by molar-refractivity contribution is -0.153. The Balaban J connectivity index is 1.41. The molecule has 0 aromatic heterocycles. The number of allylic oxidation sites excluding steroid dienone is 2. The third kappa shape index (κ3) is 7.26. The minimum absolute atomic E-state index is 0.104. The molecular weight excluding hydrogens is 644 g/mol. The fourth-order valence-corrected chi connectivity index (χ4v) is 8.58. The molecule has 1 aliphatic carbocycles. The number of hydrogen-bond donors (Lipinski definition) is 4. The number of carbonyl (C=O) groups excluding carboxylic acids is 4. The molecule has 3 heterocycles. The van der Waals surface area contributed by atoms with Crippen LogP contribution in [-0.4, -0.2) is 66.1 Å². The maximum absolute atomic E-state index is 15.2. The van der Waals surface area contributed by atoms with Crippen LogP contribution in [0.3, 0.4) is 0 Å². The molecule has 2 aromatic carbocycles. The molecule has 6 rings (SSSR count). The van der Waals surface area contributed by atoms with Crippen molar-refractivity contribution >= 4 is 23.6 Å². The number of rotatable bonds is 8. The number of amides is 4. The average Bonchev–Trinajstić information content (AvgIpc) is 3.73. The summed E-state index contributed by atoms with van der Waals surface area (Å²) in [6, 6.07) is 17.1. The van der Waals surface area contributed by atoms with E-state index in [4.69, 9.17) is 9.47 Å². The van der Waals surface area contributed by atoms with Crippen molar-refractivity contribution in [1.29, 1.82) is 0 Å². The summed E-state index contributed by atoms with van der Waals surface area (Å²) in [5, 5.41) is 12.2. The Morgan fingerprint density at radius 1 is 0.843 bits per heavy atom. The monoisotopic (exact) mass is 696 g/mol. The highest BCUT2D eigenvalue weighted by Crippen LogP contribution is 2.65. The van der Waals surface area contributed by atoms with Gasteiger partial charge in [0.15, 0.2) is 0 Å². The summed E-state index contributed by atoms with van der Waals surface area (Å²) in [5.74, 6) is -2.84. The maximum atomic E-state index is 15.2. The van der Waals surface area contributed by atoms with E-state index in [1.807, 2.05) is 98.8 Å². The quantitative estimate of drug-likeness (QED) is 0.187. The van der Waals surface area contributed by atoms with Gasteiger partial charge in [-0.25, -0.2) is 0 Å². The first-order valence-electron chi connectivity index (χ1n) is 18.4. The molecule has 3 aliphatic heterocycles. The number of carbonyl (C=O) groups is 4. The Bertz CT molecular complexity index is 1650. The molecule has 4 N–H and O–H groups in total. The van der Waals surface area contributed by atoms with Gasteiger partial charge in [0.25, 0.3) is 0 Å². The normalized spacial score (nSPS) is 35.6. The van der Waals surface area contributed by atoms with E-state index in [1.165, 1.54) is 0 Å². The standard InChI is InChI=1S/C41H52N4O6/c1-25(2)22-32-36(46)42-21-15-7-6-14-20-30-35-40(5,51-35)26(3)33-31(23-28-16-10-8-11-17-28)44-38(48)41(30,33)39(49)45-34(37(47)43-32)27(4)50-24-29-18-12-9-13-19-29/h7-20,25-27,30-35H,6,21-24H2,1-5H3,(H,42,46)(H,43,47)(H,44,48)(H,45,49)/b15-7-,20-14+/t26-,27+,30?,31-,32+,33?,34?,35-,40+,41+/m0/s1. The zero-order valence-electron chi connectivity index (χ0n) is 30.3. The van der Waals surface area contributed by atoms with E-state index in [0.717, 1.165) is 11.1 Å². The number of ether oxygens (including phenoxy) is 2. The summed E-state index contributed by atoms with van der Waals surface area (Å²) in [6.45, 7) is 10.4. The van der Waals surface area contributed by atoms with Gasteiger partial charge in [0.1, 0.15) is 17.5 Å². The highest BCUT2D eigenvalue weighted by molar-refractivity contribution is 6.09. The van der Waals surface area contributed by atoms with Crippen molar-refractivity contribution < 1.29 is 28.7 Å². The molecule has 10 heteroatoms. The summed E-state index contributed by atoms with van der Waals surface area (Å²) in [7, 11) is 0. The first kappa shape index (κ1) is 36.5. The van der Waals surface area contributed by atoms with Crippen LogP contribution < -0.4 is 21.3 Å². The number of epoxide rings is 1. The second kappa shape index (κ2) is 15.1. The summed E-state index contributed by atoms with van der Waals surface area (Å²) in [4.78, 5) is 57.6. The van der Waals surface area contributed by atoms with Crippen LogP contribution in [0.15, 0.2) is 85.0 Å². The maximum Gasteiger partial charge on any atom is 0.245 e. The molecule has 2 saturated heterocycles. The van der Waals surface area contributed by atoms with E-state index >= 15 is 4.79 Å². The highest BCUT2D eigenvalue weighted by atomic mass is 16.6. The van der Waals surface area contributed by atoms with E-state index < -0.39 is 52.9 Å². The second-order valence-corrected chi connectivity index (χ2v) is 15.2. The predicted molar refractivity (Wildman–Crippen MR) is 194 cm³/mol. The van der Waals surface area contributed by atoms with Gasteiger partial charge in [0.2, 0.25) is 23.6 Å². The Labute approximate surface area is 301 Å².